The number of hydrogen-bond donors (Lipinski definition) is 1. The number of hydrogen-bond acceptors (Lipinski definition) is 3. The molecular weight excluding hydrogens is 303 g/mol. The third-order valence-corrected chi connectivity index (χ3v) is 3.26. The first-order chi connectivity index (χ1) is 10.2. The van der Waals surface area contributed by atoms with Crippen LogP contribution in [0.15, 0.2) is 24.3 Å². The van der Waals surface area contributed by atoms with E-state index in [4.69, 9.17) is 5.11 Å². The monoisotopic (exact) mass is 317 g/mol. The fourth-order valence-corrected chi connectivity index (χ4v) is 2.10. The third-order valence-electron chi connectivity index (χ3n) is 3.26. The van der Waals surface area contributed by atoms with E-state index in [2.05, 4.69) is 4.74 Å². The zero-order chi connectivity index (χ0) is 16.5. The Bertz CT molecular complexity index is 584. The molecule has 120 valence electrons. The summed E-state index contributed by atoms with van der Waals surface area (Å²) in [6.45, 7) is 1.37. The number of carbonyl (C=O) groups excluding carboxylic acids is 1. The Kier molecular flexibility index (Phi) is 4.30. The maximum Gasteiger partial charge on any atom is 0.573 e. The van der Waals surface area contributed by atoms with Gasteiger partial charge in [0.2, 0.25) is 0 Å². The Morgan fingerprint density at radius 2 is 2.00 bits per heavy atom. The molecule has 1 aliphatic carbocycles. The van der Waals surface area contributed by atoms with E-state index in [9.17, 15) is 22.8 Å². The van der Waals surface area contributed by atoms with Crippen LogP contribution >= 0.6 is 0 Å². The van der Waals surface area contributed by atoms with Crippen molar-refractivity contribution in [1.29, 1.82) is 0 Å². The van der Waals surface area contributed by atoms with E-state index in [0.717, 1.165) is 12.1 Å². The zero-order valence-electron chi connectivity index (χ0n) is 11.6. The van der Waals surface area contributed by atoms with Crippen molar-refractivity contribution in [1.82, 2.24) is 4.90 Å². The van der Waals surface area contributed by atoms with Crippen LogP contribution in [0.25, 0.3) is 0 Å². The number of carboxylic acid groups (broad SMARTS) is 1. The minimum Gasteiger partial charge on any atom is -0.480 e. The average molecular weight is 317 g/mol. The van der Waals surface area contributed by atoms with Crippen LogP contribution in [-0.4, -0.2) is 40.3 Å². The van der Waals surface area contributed by atoms with Crippen LogP contribution in [0.3, 0.4) is 0 Å². The SMILES string of the molecule is CC(C(=O)O)N(C(=O)c1cccc(OC(F)(F)F)c1)C1CC1. The van der Waals surface area contributed by atoms with E-state index in [0.29, 0.717) is 12.8 Å². The number of amides is 1. The van der Waals surface area contributed by atoms with Crippen molar-refractivity contribution in [2.75, 3.05) is 0 Å². The Labute approximate surface area is 124 Å². The van der Waals surface area contributed by atoms with Crippen molar-refractivity contribution in [3.63, 3.8) is 0 Å². The van der Waals surface area contributed by atoms with Gasteiger partial charge in [-0.05, 0) is 38.0 Å². The van der Waals surface area contributed by atoms with Gasteiger partial charge in [-0.3, -0.25) is 4.79 Å². The van der Waals surface area contributed by atoms with Crippen LogP contribution in [-0.2, 0) is 4.79 Å². The molecular formula is C14H14F3NO4. The summed E-state index contributed by atoms with van der Waals surface area (Å²) in [6, 6.07) is 3.38. The molecule has 0 bridgehead atoms. The Morgan fingerprint density at radius 1 is 1.36 bits per heavy atom. The average Bonchev–Trinajstić information content (AvgIpc) is 3.21. The molecule has 1 N–H and O–H groups in total. The molecule has 1 aromatic rings. The predicted molar refractivity (Wildman–Crippen MR) is 69.4 cm³/mol. The molecule has 1 unspecified atom stereocenters. The van der Waals surface area contributed by atoms with Gasteiger partial charge in [0.15, 0.2) is 0 Å². The van der Waals surface area contributed by atoms with Crippen molar-refractivity contribution in [2.45, 2.75) is 38.2 Å². The van der Waals surface area contributed by atoms with Crippen molar-refractivity contribution in [3.05, 3.63) is 29.8 Å². The summed E-state index contributed by atoms with van der Waals surface area (Å²) in [5.74, 6) is -2.30. The minimum absolute atomic E-state index is 0.0400. The van der Waals surface area contributed by atoms with Gasteiger partial charge in [-0.2, -0.15) is 0 Å². The van der Waals surface area contributed by atoms with E-state index < -0.39 is 30.0 Å². The Morgan fingerprint density at radius 3 is 2.50 bits per heavy atom. The van der Waals surface area contributed by atoms with E-state index >= 15 is 0 Å². The second-order valence-corrected chi connectivity index (χ2v) is 5.03. The van der Waals surface area contributed by atoms with E-state index in [-0.39, 0.29) is 11.6 Å². The first-order valence-corrected chi connectivity index (χ1v) is 6.60. The standard InChI is InChI=1S/C14H14F3NO4/c1-8(13(20)21)18(10-5-6-10)12(19)9-3-2-4-11(7-9)22-14(15,16)17/h2-4,7-8,10H,5-6H2,1H3,(H,20,21). The van der Waals surface area contributed by atoms with Crippen molar-refractivity contribution < 1.29 is 32.6 Å². The van der Waals surface area contributed by atoms with Gasteiger partial charge in [0.25, 0.3) is 5.91 Å². The number of ether oxygens (including phenoxy) is 1. The molecule has 0 aliphatic heterocycles. The lowest BCUT2D eigenvalue weighted by Crippen LogP contribution is -2.44. The van der Waals surface area contributed by atoms with Crippen LogP contribution in [0.2, 0.25) is 0 Å². The quantitative estimate of drug-likeness (QED) is 0.906. The highest BCUT2D eigenvalue weighted by Gasteiger charge is 2.39. The Hall–Kier alpha value is -2.25. The molecule has 5 nitrogen and oxygen atoms in total. The van der Waals surface area contributed by atoms with Crippen molar-refractivity contribution >= 4 is 11.9 Å². The minimum atomic E-state index is -4.85. The second kappa shape index (κ2) is 5.86. The molecule has 22 heavy (non-hydrogen) atoms. The number of carboxylic acids is 1. The molecule has 1 aliphatic rings. The lowest BCUT2D eigenvalue weighted by molar-refractivity contribution is -0.274. The number of halogens is 3. The van der Waals surface area contributed by atoms with Crippen LogP contribution in [0.5, 0.6) is 5.75 Å². The predicted octanol–water partition coefficient (Wildman–Crippen LogP) is 2.66. The molecule has 1 aromatic carbocycles. The van der Waals surface area contributed by atoms with Gasteiger partial charge in [0.05, 0.1) is 0 Å². The van der Waals surface area contributed by atoms with Crippen LogP contribution in [0, 0.1) is 0 Å². The number of carbonyl (C=O) groups is 2. The fraction of sp³-hybridized carbons (Fsp3) is 0.429. The van der Waals surface area contributed by atoms with Gasteiger partial charge < -0.3 is 14.7 Å². The summed E-state index contributed by atoms with van der Waals surface area (Å²) in [5.41, 5.74) is -0.0400. The molecule has 2 rings (SSSR count). The molecule has 0 heterocycles. The molecule has 0 aromatic heterocycles. The number of nitrogens with zero attached hydrogens (tertiary/aromatic N) is 1. The highest BCUT2D eigenvalue weighted by Crippen LogP contribution is 2.31. The lowest BCUT2D eigenvalue weighted by atomic mass is 10.1. The van der Waals surface area contributed by atoms with Crippen LogP contribution < -0.4 is 4.74 Å². The second-order valence-electron chi connectivity index (χ2n) is 5.03. The number of aliphatic carboxylic acids is 1. The molecule has 0 radical (unpaired) electrons. The molecule has 0 saturated heterocycles. The normalized spacial score (nSPS) is 16.0. The summed E-state index contributed by atoms with van der Waals surface area (Å²) in [7, 11) is 0. The third kappa shape index (κ3) is 3.90. The number of benzene rings is 1. The first kappa shape index (κ1) is 16.1. The lowest BCUT2D eigenvalue weighted by Gasteiger charge is -2.26. The molecule has 0 spiro atoms. The van der Waals surface area contributed by atoms with Crippen LogP contribution in [0.1, 0.15) is 30.1 Å². The van der Waals surface area contributed by atoms with Gasteiger partial charge in [0.1, 0.15) is 11.8 Å². The topological polar surface area (TPSA) is 66.8 Å². The van der Waals surface area contributed by atoms with Crippen molar-refractivity contribution in [3.8, 4) is 5.75 Å². The van der Waals surface area contributed by atoms with Gasteiger partial charge in [-0.1, -0.05) is 6.07 Å². The maximum atomic E-state index is 12.4. The summed E-state index contributed by atoms with van der Waals surface area (Å²) in [5, 5.41) is 9.06. The molecule has 1 fully saturated rings. The number of rotatable bonds is 5. The summed E-state index contributed by atoms with van der Waals surface area (Å²) in [4.78, 5) is 24.7. The summed E-state index contributed by atoms with van der Waals surface area (Å²) >= 11 is 0. The smallest absolute Gasteiger partial charge is 0.480 e. The van der Waals surface area contributed by atoms with Gasteiger partial charge in [-0.25, -0.2) is 4.79 Å². The van der Waals surface area contributed by atoms with Gasteiger partial charge in [0, 0.05) is 11.6 Å². The Balaban J connectivity index is 2.24. The maximum absolute atomic E-state index is 12.4. The largest absolute Gasteiger partial charge is 0.573 e. The fourth-order valence-electron chi connectivity index (χ4n) is 2.10. The van der Waals surface area contributed by atoms with Gasteiger partial charge in [-0.15, -0.1) is 13.2 Å². The molecule has 1 atom stereocenters. The molecule has 1 saturated carbocycles. The zero-order valence-corrected chi connectivity index (χ0v) is 11.6. The highest BCUT2D eigenvalue weighted by molar-refractivity contribution is 5.97. The van der Waals surface area contributed by atoms with E-state index in [1.807, 2.05) is 0 Å². The summed E-state index contributed by atoms with van der Waals surface area (Å²) in [6.07, 6.45) is -3.49. The van der Waals surface area contributed by atoms with Crippen molar-refractivity contribution in [2.24, 2.45) is 0 Å². The van der Waals surface area contributed by atoms with Gasteiger partial charge >= 0.3 is 12.3 Å². The van der Waals surface area contributed by atoms with E-state index in [1.54, 1.807) is 0 Å². The van der Waals surface area contributed by atoms with Crippen LogP contribution in [0.4, 0.5) is 13.2 Å². The molecule has 8 heteroatoms. The van der Waals surface area contributed by atoms with E-state index in [1.165, 1.54) is 24.0 Å². The number of alkyl halides is 3. The first-order valence-electron chi connectivity index (χ1n) is 6.60. The summed E-state index contributed by atoms with van der Waals surface area (Å²) < 4.78 is 40.4. The molecule has 1 amide bonds. The highest BCUT2D eigenvalue weighted by atomic mass is 19.4.